The summed E-state index contributed by atoms with van der Waals surface area (Å²) in [5.41, 5.74) is 6.63. The average Bonchev–Trinajstić information content (AvgIpc) is 2.54. The van der Waals surface area contributed by atoms with Gasteiger partial charge in [-0.25, -0.2) is 15.0 Å². The van der Waals surface area contributed by atoms with Crippen LogP contribution in [0.3, 0.4) is 0 Å². The molecule has 7 heteroatoms. The van der Waals surface area contributed by atoms with Crippen molar-refractivity contribution in [3.05, 3.63) is 60.0 Å². The number of nitrogen functional groups attached to an aromatic ring is 1. The summed E-state index contributed by atoms with van der Waals surface area (Å²) >= 11 is 7.30. The highest BCUT2D eigenvalue weighted by Crippen LogP contribution is 2.33. The first kappa shape index (κ1) is 14.6. The minimum Gasteiger partial charge on any atom is -0.394 e. The Bertz CT molecular complexity index is 765. The highest BCUT2D eigenvalue weighted by molar-refractivity contribution is 7.99. The van der Waals surface area contributed by atoms with Crippen molar-refractivity contribution in [1.82, 2.24) is 15.0 Å². The standard InChI is InChI=1S/C15H12ClN5S/c16-10-6-7-12(18-8-10)21-14-13(17)15(20-9-19-14)22-11-4-2-1-3-5-11/h1-9H,17H2,(H,18,19,20,21). The molecule has 2 aromatic heterocycles. The molecular formula is C15H12ClN5S. The topological polar surface area (TPSA) is 76.7 Å². The van der Waals surface area contributed by atoms with Crippen LogP contribution in [0.25, 0.3) is 0 Å². The van der Waals surface area contributed by atoms with E-state index in [1.807, 2.05) is 30.3 Å². The average molecular weight is 330 g/mol. The van der Waals surface area contributed by atoms with Crippen LogP contribution in [0, 0.1) is 0 Å². The Morgan fingerprint density at radius 2 is 1.82 bits per heavy atom. The quantitative estimate of drug-likeness (QED) is 0.704. The number of nitrogens with zero attached hydrogens (tertiary/aromatic N) is 3. The number of nitrogens with one attached hydrogen (secondary N) is 1. The van der Waals surface area contributed by atoms with Crippen molar-refractivity contribution in [3.63, 3.8) is 0 Å². The van der Waals surface area contributed by atoms with E-state index in [1.54, 1.807) is 18.3 Å². The molecule has 2 heterocycles. The molecule has 0 spiro atoms. The maximum Gasteiger partial charge on any atom is 0.159 e. The van der Waals surface area contributed by atoms with Gasteiger partial charge in [0.15, 0.2) is 5.82 Å². The smallest absolute Gasteiger partial charge is 0.159 e. The summed E-state index contributed by atoms with van der Waals surface area (Å²) in [7, 11) is 0. The maximum atomic E-state index is 6.15. The molecule has 0 bridgehead atoms. The summed E-state index contributed by atoms with van der Waals surface area (Å²) < 4.78 is 0. The van der Waals surface area contributed by atoms with Crippen LogP contribution in [0.5, 0.6) is 0 Å². The number of pyridine rings is 1. The van der Waals surface area contributed by atoms with Crippen molar-refractivity contribution in [1.29, 1.82) is 0 Å². The Morgan fingerprint density at radius 3 is 2.55 bits per heavy atom. The zero-order valence-corrected chi connectivity index (χ0v) is 13.0. The molecule has 0 fully saturated rings. The zero-order chi connectivity index (χ0) is 15.4. The molecule has 3 N–H and O–H groups in total. The summed E-state index contributed by atoms with van der Waals surface area (Å²) in [5, 5.41) is 4.33. The molecule has 0 radical (unpaired) electrons. The van der Waals surface area contributed by atoms with Crippen LogP contribution in [0.15, 0.2) is 64.9 Å². The molecule has 3 aromatic rings. The second kappa shape index (κ2) is 6.64. The Hall–Kier alpha value is -2.31. The van der Waals surface area contributed by atoms with E-state index in [-0.39, 0.29) is 0 Å². The molecule has 5 nitrogen and oxygen atoms in total. The molecule has 0 saturated heterocycles. The largest absolute Gasteiger partial charge is 0.394 e. The molecule has 0 amide bonds. The molecule has 0 unspecified atom stereocenters. The van der Waals surface area contributed by atoms with Gasteiger partial charge in [0.2, 0.25) is 0 Å². The minimum atomic E-state index is 0.480. The number of nitrogens with two attached hydrogens (primary N) is 1. The third kappa shape index (κ3) is 3.47. The molecule has 110 valence electrons. The van der Waals surface area contributed by atoms with E-state index in [4.69, 9.17) is 17.3 Å². The number of hydrogen-bond donors (Lipinski definition) is 2. The lowest BCUT2D eigenvalue weighted by Crippen LogP contribution is -2.03. The van der Waals surface area contributed by atoms with Crippen molar-refractivity contribution in [2.75, 3.05) is 11.1 Å². The van der Waals surface area contributed by atoms with Gasteiger partial charge < -0.3 is 11.1 Å². The first-order valence-electron chi connectivity index (χ1n) is 6.44. The van der Waals surface area contributed by atoms with Crippen molar-refractivity contribution in [2.24, 2.45) is 0 Å². The molecule has 0 saturated carbocycles. The lowest BCUT2D eigenvalue weighted by molar-refractivity contribution is 1.06. The molecule has 22 heavy (non-hydrogen) atoms. The second-order valence-corrected chi connectivity index (χ2v) is 5.84. The van der Waals surface area contributed by atoms with Crippen LogP contribution in [0.1, 0.15) is 0 Å². The van der Waals surface area contributed by atoms with Crippen molar-refractivity contribution < 1.29 is 0 Å². The highest BCUT2D eigenvalue weighted by atomic mass is 35.5. The van der Waals surface area contributed by atoms with Gasteiger partial charge in [-0.2, -0.15) is 0 Å². The minimum absolute atomic E-state index is 0.480. The van der Waals surface area contributed by atoms with Crippen LogP contribution in [-0.4, -0.2) is 15.0 Å². The van der Waals surface area contributed by atoms with Gasteiger partial charge in [0.05, 0.1) is 5.02 Å². The highest BCUT2D eigenvalue weighted by Gasteiger charge is 2.10. The van der Waals surface area contributed by atoms with Gasteiger partial charge in [-0.15, -0.1) is 0 Å². The van der Waals surface area contributed by atoms with Crippen LogP contribution in [0.2, 0.25) is 5.02 Å². The number of hydrogen-bond acceptors (Lipinski definition) is 6. The Morgan fingerprint density at radius 1 is 1.00 bits per heavy atom. The monoisotopic (exact) mass is 329 g/mol. The lowest BCUT2D eigenvalue weighted by atomic mass is 10.4. The first-order chi connectivity index (χ1) is 10.7. The van der Waals surface area contributed by atoms with E-state index in [2.05, 4.69) is 20.3 Å². The Labute approximate surface area is 137 Å². The Kier molecular flexibility index (Phi) is 4.41. The van der Waals surface area contributed by atoms with Crippen LogP contribution >= 0.6 is 23.4 Å². The SMILES string of the molecule is Nc1c(Nc2ccc(Cl)cn2)ncnc1Sc1ccccc1. The first-order valence-corrected chi connectivity index (χ1v) is 7.64. The Balaban J connectivity index is 1.84. The van der Waals surface area contributed by atoms with Gasteiger partial charge in [0, 0.05) is 11.1 Å². The van der Waals surface area contributed by atoms with E-state index in [9.17, 15) is 0 Å². The van der Waals surface area contributed by atoms with E-state index < -0.39 is 0 Å². The predicted molar refractivity (Wildman–Crippen MR) is 89.5 cm³/mol. The van der Waals surface area contributed by atoms with Crippen molar-refractivity contribution >= 4 is 40.7 Å². The molecule has 0 aliphatic rings. The van der Waals surface area contributed by atoms with Crippen molar-refractivity contribution in [2.45, 2.75) is 9.92 Å². The number of benzene rings is 1. The van der Waals surface area contributed by atoms with Gasteiger partial charge in [0.25, 0.3) is 0 Å². The van der Waals surface area contributed by atoms with E-state index in [1.165, 1.54) is 18.1 Å². The summed E-state index contributed by atoms with van der Waals surface area (Å²) in [6.45, 7) is 0. The van der Waals surface area contributed by atoms with Crippen LogP contribution in [0.4, 0.5) is 17.3 Å². The summed E-state index contributed by atoms with van der Waals surface area (Å²) in [6.07, 6.45) is 3.03. The molecule has 1 aromatic carbocycles. The van der Waals surface area contributed by atoms with Crippen molar-refractivity contribution in [3.8, 4) is 0 Å². The van der Waals surface area contributed by atoms with Crippen LogP contribution < -0.4 is 11.1 Å². The third-order valence-electron chi connectivity index (χ3n) is 2.78. The summed E-state index contributed by atoms with van der Waals surface area (Å²) in [5.74, 6) is 1.13. The van der Waals surface area contributed by atoms with Gasteiger partial charge in [0.1, 0.15) is 22.9 Å². The fourth-order valence-electron chi connectivity index (χ4n) is 1.73. The van der Waals surface area contributed by atoms with Gasteiger partial charge >= 0.3 is 0 Å². The summed E-state index contributed by atoms with van der Waals surface area (Å²) in [4.78, 5) is 13.6. The van der Waals surface area contributed by atoms with Crippen LogP contribution in [-0.2, 0) is 0 Å². The fourth-order valence-corrected chi connectivity index (χ4v) is 2.67. The van der Waals surface area contributed by atoms with Gasteiger partial charge in [-0.1, -0.05) is 41.6 Å². The third-order valence-corrected chi connectivity index (χ3v) is 4.03. The second-order valence-electron chi connectivity index (χ2n) is 4.34. The molecule has 0 atom stereocenters. The van der Waals surface area contributed by atoms with E-state index >= 15 is 0 Å². The molecule has 3 rings (SSSR count). The van der Waals surface area contributed by atoms with E-state index in [0.717, 1.165) is 4.90 Å². The predicted octanol–water partition coefficient (Wildman–Crippen LogP) is 4.00. The number of anilines is 3. The maximum absolute atomic E-state index is 6.15. The number of halogens is 1. The normalized spacial score (nSPS) is 10.4. The van der Waals surface area contributed by atoms with E-state index in [0.29, 0.717) is 27.4 Å². The molecular weight excluding hydrogens is 318 g/mol. The molecule has 0 aliphatic carbocycles. The summed E-state index contributed by atoms with van der Waals surface area (Å²) in [6, 6.07) is 13.4. The molecule has 0 aliphatic heterocycles. The zero-order valence-electron chi connectivity index (χ0n) is 11.4. The van der Waals surface area contributed by atoms with Gasteiger partial charge in [-0.05, 0) is 24.3 Å². The number of rotatable bonds is 4. The number of aromatic nitrogens is 3. The van der Waals surface area contributed by atoms with Gasteiger partial charge in [-0.3, -0.25) is 0 Å². The lowest BCUT2D eigenvalue weighted by Gasteiger charge is -2.10. The fraction of sp³-hybridized carbons (Fsp3) is 0.